The van der Waals surface area contributed by atoms with Crippen molar-refractivity contribution in [3.05, 3.63) is 0 Å². The van der Waals surface area contributed by atoms with Crippen LogP contribution >= 0.6 is 0 Å². The van der Waals surface area contributed by atoms with E-state index in [1.165, 1.54) is 0 Å². The van der Waals surface area contributed by atoms with Gasteiger partial charge in [-0.3, -0.25) is 0 Å². The van der Waals surface area contributed by atoms with E-state index >= 15 is 0 Å². The van der Waals surface area contributed by atoms with Crippen molar-refractivity contribution >= 4 is 6.98 Å². The van der Waals surface area contributed by atoms with Crippen molar-refractivity contribution in [3.63, 3.8) is 0 Å². The first kappa shape index (κ1) is 18.5. The molecule has 0 aromatic carbocycles. The molecule has 0 saturated carbocycles. The molecule has 86 valence electrons. The van der Waals surface area contributed by atoms with E-state index in [2.05, 4.69) is 0 Å². The van der Waals surface area contributed by atoms with Crippen LogP contribution in [0.3, 0.4) is 0 Å². The Hall–Kier alpha value is 1.14. The molecule has 10 heteroatoms. The summed E-state index contributed by atoms with van der Waals surface area (Å²) in [6.07, 6.45) is -10.4. The Balaban J connectivity index is 0. The molecule has 0 aliphatic carbocycles. The Morgan fingerprint density at radius 1 is 0.867 bits per heavy atom. The van der Waals surface area contributed by atoms with Crippen LogP contribution in [-0.2, 0) is 0 Å². The number of halogens is 8. The molecule has 0 spiro atoms. The van der Waals surface area contributed by atoms with Crippen LogP contribution in [0.2, 0.25) is 6.32 Å². The summed E-state index contributed by atoms with van der Waals surface area (Å²) in [6.45, 7) is -5.30. The number of hydrogen-bond acceptors (Lipinski definition) is 0. The van der Waals surface area contributed by atoms with Gasteiger partial charge in [-0.2, -0.15) is 22.0 Å². The Labute approximate surface area is 123 Å². The molecule has 0 unspecified atom stereocenters. The van der Waals surface area contributed by atoms with E-state index in [4.69, 9.17) is 0 Å². The van der Waals surface area contributed by atoms with Crippen LogP contribution in [0.5, 0.6) is 0 Å². The molecule has 0 bridgehead atoms. The summed E-state index contributed by atoms with van der Waals surface area (Å²) in [4.78, 5) is 0. The van der Waals surface area contributed by atoms with Crippen molar-refractivity contribution in [3.8, 4) is 0 Å². The Bertz CT molecular complexity index is 184. The van der Waals surface area contributed by atoms with Crippen LogP contribution in [-0.4, -0.2) is 19.1 Å². The van der Waals surface area contributed by atoms with Crippen molar-refractivity contribution in [1.82, 2.24) is 0 Å². The molecule has 0 N–H and O–H groups in total. The first-order chi connectivity index (χ1) is 5.96. The minimum atomic E-state index is -5.77. The minimum Gasteiger partial charge on any atom is -0.449 e. The minimum absolute atomic E-state index is 0. The fraction of sp³-hybridized carbons (Fsp3) is 1.00. The summed E-state index contributed by atoms with van der Waals surface area (Å²) in [5.74, 6) is -5.03. The molecule has 0 amide bonds. The summed E-state index contributed by atoms with van der Waals surface area (Å²) in [5.41, 5.74) is 0. The Morgan fingerprint density at radius 2 is 1.27 bits per heavy atom. The Kier molecular flexibility index (Phi) is 7.62. The van der Waals surface area contributed by atoms with Gasteiger partial charge in [-0.25, -0.2) is 0 Å². The molecule has 0 heterocycles. The maximum atomic E-state index is 12.0. The van der Waals surface area contributed by atoms with E-state index in [1.807, 2.05) is 0 Å². The van der Waals surface area contributed by atoms with Crippen molar-refractivity contribution in [1.29, 1.82) is 0 Å². The summed E-state index contributed by atoms with van der Waals surface area (Å²) in [5, 5.41) is 0. The van der Waals surface area contributed by atoms with Gasteiger partial charge in [0, 0.05) is 6.42 Å². The van der Waals surface area contributed by atoms with E-state index in [-0.39, 0.29) is 51.4 Å². The predicted molar refractivity (Wildman–Crippen MR) is 34.1 cm³/mol. The fourth-order valence-electron chi connectivity index (χ4n) is 0.697. The van der Waals surface area contributed by atoms with E-state index in [0.717, 1.165) is 0 Å². The normalized spacial score (nSPS) is 13.6. The summed E-state index contributed by atoms with van der Waals surface area (Å²) in [6, 6.07) is 0. The van der Waals surface area contributed by atoms with Gasteiger partial charge in [0.1, 0.15) is 0 Å². The van der Waals surface area contributed by atoms with Gasteiger partial charge in [0.2, 0.25) is 0 Å². The molecule has 0 radical (unpaired) electrons. The van der Waals surface area contributed by atoms with Gasteiger partial charge >= 0.3 is 70.5 Å². The zero-order chi connectivity index (χ0) is 11.6. The van der Waals surface area contributed by atoms with E-state index < -0.39 is 38.2 Å². The zero-order valence-corrected chi connectivity index (χ0v) is 10.8. The third-order valence-electron chi connectivity index (χ3n) is 1.44. The monoisotopic (exact) mass is 268 g/mol. The van der Waals surface area contributed by atoms with Gasteiger partial charge < -0.3 is 12.9 Å². The van der Waals surface area contributed by atoms with Crippen LogP contribution in [0.25, 0.3) is 0 Å². The molecule has 0 fully saturated rings. The van der Waals surface area contributed by atoms with E-state index in [0.29, 0.717) is 0 Å². The average Bonchev–Trinajstić information content (AvgIpc) is 1.80. The third kappa shape index (κ3) is 7.95. The largest absolute Gasteiger partial charge is 1.00 e. The average molecular weight is 268 g/mol. The molecule has 0 aliphatic rings. The van der Waals surface area contributed by atoms with Gasteiger partial charge in [0.25, 0.3) is 0 Å². The van der Waals surface area contributed by atoms with Gasteiger partial charge in [0.05, 0.1) is 0 Å². The molecule has 0 aromatic rings. The summed E-state index contributed by atoms with van der Waals surface area (Å²) < 4.78 is 92.7. The molecule has 0 saturated heterocycles. The number of alkyl halides is 5. The quantitative estimate of drug-likeness (QED) is 0.523. The number of hydrogen-bond donors (Lipinski definition) is 0. The molecule has 0 nitrogen and oxygen atoms in total. The van der Waals surface area contributed by atoms with E-state index in [1.54, 1.807) is 0 Å². The van der Waals surface area contributed by atoms with Crippen molar-refractivity contribution in [2.45, 2.75) is 31.3 Å². The first-order valence-corrected chi connectivity index (χ1v) is 3.61. The topological polar surface area (TPSA) is 0 Å². The van der Waals surface area contributed by atoms with Gasteiger partial charge in [-0.05, 0) is 0 Å². The van der Waals surface area contributed by atoms with Crippen LogP contribution in [0.4, 0.5) is 34.9 Å². The molecule has 0 aliphatic heterocycles. The van der Waals surface area contributed by atoms with Gasteiger partial charge in [-0.1, -0.05) is 12.7 Å². The van der Waals surface area contributed by atoms with Crippen molar-refractivity contribution in [2.24, 2.45) is 0 Å². The summed E-state index contributed by atoms with van der Waals surface area (Å²) in [7, 11) is 0. The van der Waals surface area contributed by atoms with E-state index in [9.17, 15) is 34.9 Å². The molecular weight excluding hydrogens is 262 g/mol. The first-order valence-electron chi connectivity index (χ1n) is 3.61. The Morgan fingerprint density at radius 3 is 1.53 bits per heavy atom. The zero-order valence-electron chi connectivity index (χ0n) is 7.72. The SMILES string of the molecule is F[B-](F)(F)CCCC(F)(F)C(F)(F)F.[K+]. The molecule has 0 atom stereocenters. The maximum Gasteiger partial charge on any atom is 1.00 e. The van der Waals surface area contributed by atoms with Gasteiger partial charge in [0.15, 0.2) is 0 Å². The van der Waals surface area contributed by atoms with Crippen molar-refractivity contribution in [2.75, 3.05) is 0 Å². The summed E-state index contributed by atoms with van der Waals surface area (Å²) >= 11 is 0. The predicted octanol–water partition coefficient (Wildman–Crippen LogP) is 0.816. The standard InChI is InChI=1S/C5H6BF8.K/c7-4(8,5(9,10)11)2-1-3-6(12,13)14;/h1-3H2;/q-1;+1. The van der Waals surface area contributed by atoms with Gasteiger partial charge in [-0.15, -0.1) is 0 Å². The van der Waals surface area contributed by atoms with Crippen LogP contribution < -0.4 is 51.4 Å². The smallest absolute Gasteiger partial charge is 0.449 e. The van der Waals surface area contributed by atoms with Crippen LogP contribution in [0.1, 0.15) is 12.8 Å². The van der Waals surface area contributed by atoms with Crippen LogP contribution in [0.15, 0.2) is 0 Å². The van der Waals surface area contributed by atoms with Crippen molar-refractivity contribution < 1.29 is 86.3 Å². The molecule has 15 heavy (non-hydrogen) atoms. The second kappa shape index (κ2) is 6.18. The number of rotatable bonds is 4. The second-order valence-electron chi connectivity index (χ2n) is 2.80. The van der Waals surface area contributed by atoms with Crippen LogP contribution in [0, 0.1) is 0 Å². The third-order valence-corrected chi connectivity index (χ3v) is 1.44. The second-order valence-corrected chi connectivity index (χ2v) is 2.80. The maximum absolute atomic E-state index is 12.0. The molecular formula is C5H6BF8K. The fourth-order valence-corrected chi connectivity index (χ4v) is 0.697. The molecule has 0 rings (SSSR count). The molecule has 0 aromatic heterocycles.